The third-order valence-corrected chi connectivity index (χ3v) is 2.96. The van der Waals surface area contributed by atoms with Crippen LogP contribution in [0.3, 0.4) is 0 Å². The summed E-state index contributed by atoms with van der Waals surface area (Å²) in [7, 11) is 1.60. The van der Waals surface area contributed by atoms with Gasteiger partial charge in [0.2, 0.25) is 0 Å². The minimum Gasteiger partial charge on any atom is -0.496 e. The molecule has 0 radical (unpaired) electrons. The summed E-state index contributed by atoms with van der Waals surface area (Å²) in [5, 5.41) is 0. The lowest BCUT2D eigenvalue weighted by molar-refractivity contribution is 0.282. The lowest BCUT2D eigenvalue weighted by Gasteiger charge is -2.10. The van der Waals surface area contributed by atoms with Crippen LogP contribution in [0.4, 0.5) is 4.39 Å². The largest absolute Gasteiger partial charge is 0.496 e. The zero-order valence-corrected chi connectivity index (χ0v) is 11.4. The molecule has 0 amide bonds. The fourth-order valence-electron chi connectivity index (χ4n) is 1.57. The molecule has 4 heteroatoms. The standard InChI is InChI=1S/C14H12BrFO2/c1-17-13-5-3-2-4-10(13)9-18-14-8-11(15)6-7-12(14)16/h2-8H,9H2,1H3. The summed E-state index contributed by atoms with van der Waals surface area (Å²) < 4.78 is 24.9. The van der Waals surface area contributed by atoms with Gasteiger partial charge in [-0.2, -0.15) is 0 Å². The Morgan fingerprint density at radius 1 is 1.11 bits per heavy atom. The molecule has 0 bridgehead atoms. The first-order chi connectivity index (χ1) is 8.70. The van der Waals surface area contributed by atoms with Crippen molar-refractivity contribution in [3.05, 3.63) is 58.3 Å². The first-order valence-electron chi connectivity index (χ1n) is 5.40. The maximum Gasteiger partial charge on any atom is 0.165 e. The maximum absolute atomic E-state index is 13.5. The highest BCUT2D eigenvalue weighted by Crippen LogP contribution is 2.25. The number of halogens is 2. The van der Waals surface area contributed by atoms with Crippen LogP contribution in [0.25, 0.3) is 0 Å². The summed E-state index contributed by atoms with van der Waals surface area (Å²) in [6.07, 6.45) is 0. The van der Waals surface area contributed by atoms with E-state index in [0.29, 0.717) is 0 Å². The highest BCUT2D eigenvalue weighted by molar-refractivity contribution is 9.10. The number of para-hydroxylation sites is 1. The molecule has 18 heavy (non-hydrogen) atoms. The lowest BCUT2D eigenvalue weighted by Crippen LogP contribution is -1.99. The van der Waals surface area contributed by atoms with Crippen LogP contribution in [0.5, 0.6) is 11.5 Å². The van der Waals surface area contributed by atoms with Crippen molar-refractivity contribution in [2.45, 2.75) is 6.61 Å². The van der Waals surface area contributed by atoms with Gasteiger partial charge in [-0.05, 0) is 24.3 Å². The molecular formula is C14H12BrFO2. The molecule has 0 aliphatic carbocycles. The summed E-state index contributed by atoms with van der Waals surface area (Å²) in [6.45, 7) is 0.261. The molecular weight excluding hydrogens is 299 g/mol. The SMILES string of the molecule is COc1ccccc1COc1cc(Br)ccc1F. The van der Waals surface area contributed by atoms with Crippen molar-refractivity contribution in [3.8, 4) is 11.5 Å². The average molecular weight is 311 g/mol. The molecule has 94 valence electrons. The van der Waals surface area contributed by atoms with E-state index < -0.39 is 0 Å². The minimum atomic E-state index is -0.381. The Morgan fingerprint density at radius 2 is 1.89 bits per heavy atom. The van der Waals surface area contributed by atoms with Gasteiger partial charge in [-0.25, -0.2) is 4.39 Å². The van der Waals surface area contributed by atoms with Crippen molar-refractivity contribution in [1.82, 2.24) is 0 Å². The Hall–Kier alpha value is -1.55. The summed E-state index contributed by atoms with van der Waals surface area (Å²) in [4.78, 5) is 0. The summed E-state index contributed by atoms with van der Waals surface area (Å²) in [6, 6.07) is 12.1. The Bertz CT molecular complexity index is 543. The maximum atomic E-state index is 13.5. The second-order valence-corrected chi connectivity index (χ2v) is 4.59. The van der Waals surface area contributed by atoms with Crippen molar-refractivity contribution in [2.24, 2.45) is 0 Å². The molecule has 0 spiro atoms. The molecule has 0 atom stereocenters. The molecule has 0 heterocycles. The summed E-state index contributed by atoms with van der Waals surface area (Å²) in [5.74, 6) is 0.566. The van der Waals surface area contributed by atoms with Gasteiger partial charge in [-0.1, -0.05) is 34.1 Å². The smallest absolute Gasteiger partial charge is 0.165 e. The Balaban J connectivity index is 2.14. The van der Waals surface area contributed by atoms with Crippen LogP contribution in [0.1, 0.15) is 5.56 Å². The van der Waals surface area contributed by atoms with E-state index in [1.807, 2.05) is 24.3 Å². The van der Waals surface area contributed by atoms with Crippen LogP contribution >= 0.6 is 15.9 Å². The van der Waals surface area contributed by atoms with Crippen LogP contribution in [0.15, 0.2) is 46.9 Å². The van der Waals surface area contributed by atoms with E-state index in [2.05, 4.69) is 15.9 Å². The van der Waals surface area contributed by atoms with E-state index >= 15 is 0 Å². The van der Waals surface area contributed by atoms with Gasteiger partial charge in [0.05, 0.1) is 7.11 Å². The number of hydrogen-bond acceptors (Lipinski definition) is 2. The van der Waals surface area contributed by atoms with Crippen molar-refractivity contribution in [1.29, 1.82) is 0 Å². The molecule has 0 aliphatic heterocycles. The molecule has 0 aliphatic rings. The van der Waals surface area contributed by atoms with E-state index in [9.17, 15) is 4.39 Å². The van der Waals surface area contributed by atoms with E-state index in [0.717, 1.165) is 15.8 Å². The highest BCUT2D eigenvalue weighted by atomic mass is 79.9. The van der Waals surface area contributed by atoms with Crippen LogP contribution in [0, 0.1) is 5.82 Å². The highest BCUT2D eigenvalue weighted by Gasteiger charge is 2.06. The van der Waals surface area contributed by atoms with Gasteiger partial charge >= 0.3 is 0 Å². The number of methoxy groups -OCH3 is 1. The molecule has 0 fully saturated rings. The monoisotopic (exact) mass is 310 g/mol. The van der Waals surface area contributed by atoms with E-state index in [1.54, 1.807) is 19.2 Å². The second kappa shape index (κ2) is 5.87. The quantitative estimate of drug-likeness (QED) is 0.843. The van der Waals surface area contributed by atoms with Gasteiger partial charge in [0.15, 0.2) is 11.6 Å². The van der Waals surface area contributed by atoms with E-state index in [4.69, 9.17) is 9.47 Å². The molecule has 2 aromatic rings. The van der Waals surface area contributed by atoms with Crippen molar-refractivity contribution >= 4 is 15.9 Å². The molecule has 0 saturated carbocycles. The van der Waals surface area contributed by atoms with Crippen LogP contribution in [0.2, 0.25) is 0 Å². The zero-order valence-electron chi connectivity index (χ0n) is 9.82. The van der Waals surface area contributed by atoms with E-state index in [-0.39, 0.29) is 18.2 Å². The summed E-state index contributed by atoms with van der Waals surface area (Å²) >= 11 is 3.28. The van der Waals surface area contributed by atoms with Crippen LogP contribution in [-0.2, 0) is 6.61 Å². The molecule has 0 N–H and O–H groups in total. The average Bonchev–Trinajstić information content (AvgIpc) is 2.40. The van der Waals surface area contributed by atoms with Gasteiger partial charge in [0.1, 0.15) is 12.4 Å². The van der Waals surface area contributed by atoms with Gasteiger partial charge in [-0.15, -0.1) is 0 Å². The van der Waals surface area contributed by atoms with E-state index in [1.165, 1.54) is 6.07 Å². The molecule has 2 nitrogen and oxygen atoms in total. The predicted octanol–water partition coefficient (Wildman–Crippen LogP) is 4.18. The number of rotatable bonds is 4. The fraction of sp³-hybridized carbons (Fsp3) is 0.143. The van der Waals surface area contributed by atoms with Gasteiger partial charge in [0.25, 0.3) is 0 Å². The predicted molar refractivity (Wildman–Crippen MR) is 71.4 cm³/mol. The molecule has 2 rings (SSSR count). The second-order valence-electron chi connectivity index (χ2n) is 3.68. The van der Waals surface area contributed by atoms with Gasteiger partial charge < -0.3 is 9.47 Å². The van der Waals surface area contributed by atoms with Gasteiger partial charge in [0, 0.05) is 10.0 Å². The fourth-order valence-corrected chi connectivity index (χ4v) is 1.91. The number of hydrogen-bond donors (Lipinski definition) is 0. The zero-order chi connectivity index (χ0) is 13.0. The topological polar surface area (TPSA) is 18.5 Å². The van der Waals surface area contributed by atoms with Crippen molar-refractivity contribution in [2.75, 3.05) is 7.11 Å². The minimum absolute atomic E-state index is 0.218. The molecule has 0 aromatic heterocycles. The van der Waals surface area contributed by atoms with Crippen molar-refractivity contribution in [3.63, 3.8) is 0 Å². The van der Waals surface area contributed by atoms with Crippen LogP contribution < -0.4 is 9.47 Å². The third-order valence-electron chi connectivity index (χ3n) is 2.47. The molecule has 2 aromatic carbocycles. The Kier molecular flexibility index (Phi) is 4.20. The van der Waals surface area contributed by atoms with Crippen LogP contribution in [-0.4, -0.2) is 7.11 Å². The lowest BCUT2D eigenvalue weighted by atomic mass is 10.2. The first-order valence-corrected chi connectivity index (χ1v) is 6.20. The normalized spacial score (nSPS) is 10.2. The van der Waals surface area contributed by atoms with Crippen molar-refractivity contribution < 1.29 is 13.9 Å². The Morgan fingerprint density at radius 3 is 2.67 bits per heavy atom. The first kappa shape index (κ1) is 12.9. The summed E-state index contributed by atoms with van der Waals surface area (Å²) in [5.41, 5.74) is 0.874. The molecule has 0 saturated heterocycles. The third kappa shape index (κ3) is 3.01. The number of ether oxygens (including phenoxy) is 2. The molecule has 0 unspecified atom stereocenters. The van der Waals surface area contributed by atoms with Gasteiger partial charge in [-0.3, -0.25) is 0 Å². The Labute approximate surface area is 113 Å². The number of benzene rings is 2.